The lowest BCUT2D eigenvalue weighted by Crippen LogP contribution is -2.43. The third kappa shape index (κ3) is 4.06. The number of fused-ring (bicyclic) bond motifs is 1. The number of carbonyl (C=O) groups excluding carboxylic acids is 1. The van der Waals surface area contributed by atoms with Gasteiger partial charge in [-0.05, 0) is 43.4 Å². The van der Waals surface area contributed by atoms with Crippen molar-refractivity contribution in [3.05, 3.63) is 41.9 Å². The number of aromatic nitrogens is 3. The van der Waals surface area contributed by atoms with Crippen LogP contribution in [0.1, 0.15) is 49.8 Å². The molecule has 7 heteroatoms. The molecule has 2 unspecified atom stereocenters. The van der Waals surface area contributed by atoms with Crippen molar-refractivity contribution in [3.8, 4) is 0 Å². The highest BCUT2D eigenvalue weighted by atomic mass is 16.1. The Morgan fingerprint density at radius 1 is 1.13 bits per heavy atom. The van der Waals surface area contributed by atoms with Crippen LogP contribution in [-0.4, -0.2) is 47.4 Å². The molecule has 1 saturated heterocycles. The second kappa shape index (κ2) is 8.75. The Bertz CT molecular complexity index is 961. The fourth-order valence-electron chi connectivity index (χ4n) is 5.34. The van der Waals surface area contributed by atoms with Crippen LogP contribution >= 0.6 is 0 Å². The van der Waals surface area contributed by atoms with Gasteiger partial charge in [0.15, 0.2) is 0 Å². The van der Waals surface area contributed by atoms with E-state index in [1.54, 1.807) is 0 Å². The first-order valence-corrected chi connectivity index (χ1v) is 11.4. The van der Waals surface area contributed by atoms with Crippen molar-refractivity contribution >= 4 is 29.3 Å². The van der Waals surface area contributed by atoms with Crippen molar-refractivity contribution in [1.82, 2.24) is 20.3 Å². The van der Waals surface area contributed by atoms with Crippen LogP contribution in [-0.2, 0) is 4.79 Å². The molecule has 1 aliphatic heterocycles. The maximum Gasteiger partial charge on any atom is 0.228 e. The van der Waals surface area contributed by atoms with Crippen molar-refractivity contribution < 1.29 is 4.79 Å². The minimum Gasteiger partial charge on any atom is -0.368 e. The van der Waals surface area contributed by atoms with E-state index < -0.39 is 0 Å². The van der Waals surface area contributed by atoms with Crippen molar-refractivity contribution in [1.29, 1.82) is 0 Å². The van der Waals surface area contributed by atoms with Crippen molar-refractivity contribution in [2.45, 2.75) is 38.5 Å². The number of pyridine rings is 1. The molecule has 2 N–H and O–H groups in total. The maximum absolute atomic E-state index is 11.9. The number of allylic oxidation sites excluding steroid dienone is 2. The second-order valence-electron chi connectivity index (χ2n) is 8.89. The van der Waals surface area contributed by atoms with Crippen molar-refractivity contribution in [2.24, 2.45) is 11.8 Å². The Morgan fingerprint density at radius 3 is 2.65 bits per heavy atom. The third-order valence-corrected chi connectivity index (χ3v) is 6.95. The van der Waals surface area contributed by atoms with Crippen LogP contribution in [0.3, 0.4) is 0 Å². The van der Waals surface area contributed by atoms with E-state index >= 15 is 0 Å². The number of hydrogen-bond acceptors (Lipinski definition) is 7. The Labute approximate surface area is 183 Å². The number of carbonyl (C=O) groups is 1. The molecule has 2 aromatic rings. The summed E-state index contributed by atoms with van der Waals surface area (Å²) in [5, 5.41) is 6.64. The zero-order chi connectivity index (χ0) is 21.2. The van der Waals surface area contributed by atoms with Crippen molar-refractivity contribution in [2.75, 3.05) is 36.4 Å². The Balaban J connectivity index is 1.39. The smallest absolute Gasteiger partial charge is 0.228 e. The number of nitrogens with one attached hydrogen (secondary N) is 2. The second-order valence-corrected chi connectivity index (χ2v) is 8.89. The molecule has 3 heterocycles. The number of aldehydes is 1. The Hall–Kier alpha value is -2.80. The molecule has 0 amide bonds. The number of rotatable bonds is 5. The zero-order valence-corrected chi connectivity index (χ0v) is 18.1. The third-order valence-electron chi connectivity index (χ3n) is 6.95. The van der Waals surface area contributed by atoms with Crippen LogP contribution in [0.4, 0.5) is 17.5 Å². The minimum atomic E-state index is -0.102. The van der Waals surface area contributed by atoms with Gasteiger partial charge in [0, 0.05) is 49.8 Å². The summed E-state index contributed by atoms with van der Waals surface area (Å²) in [5.41, 5.74) is 4.31. The highest BCUT2D eigenvalue weighted by molar-refractivity contribution is 5.75. The molecule has 2 atom stereocenters. The molecule has 0 aromatic carbocycles. The van der Waals surface area contributed by atoms with Crippen LogP contribution in [0.25, 0.3) is 5.57 Å². The fraction of sp³-hybridized carbons (Fsp3) is 0.500. The summed E-state index contributed by atoms with van der Waals surface area (Å²) in [7, 11) is 0. The minimum absolute atomic E-state index is 0.102. The molecule has 5 rings (SSSR count). The van der Waals surface area contributed by atoms with E-state index in [9.17, 15) is 4.79 Å². The predicted molar refractivity (Wildman–Crippen MR) is 123 cm³/mol. The molecule has 31 heavy (non-hydrogen) atoms. The Kier molecular flexibility index (Phi) is 5.68. The van der Waals surface area contributed by atoms with E-state index in [0.717, 1.165) is 60.8 Å². The molecule has 7 nitrogen and oxygen atoms in total. The quantitative estimate of drug-likeness (QED) is 0.719. The van der Waals surface area contributed by atoms with Crippen molar-refractivity contribution in [3.63, 3.8) is 0 Å². The average Bonchev–Trinajstić information content (AvgIpc) is 3.34. The van der Waals surface area contributed by atoms with Gasteiger partial charge in [0.05, 0.1) is 17.6 Å². The SMILES string of the molecule is CC1=CC(C=O)C(C2CCCC2)c2nc(Nc3ccc(N4CCNCC4)cn3)ncc21. The van der Waals surface area contributed by atoms with Gasteiger partial charge < -0.3 is 20.3 Å². The molecule has 0 radical (unpaired) electrons. The van der Waals surface area contributed by atoms with E-state index in [1.807, 2.05) is 25.4 Å². The van der Waals surface area contributed by atoms with Gasteiger partial charge in [-0.2, -0.15) is 0 Å². The van der Waals surface area contributed by atoms with Crippen LogP contribution < -0.4 is 15.5 Å². The molecular formula is C24H30N6O. The lowest BCUT2D eigenvalue weighted by molar-refractivity contribution is -0.110. The lowest BCUT2D eigenvalue weighted by Gasteiger charge is -2.32. The molecule has 0 spiro atoms. The van der Waals surface area contributed by atoms with Gasteiger partial charge in [0.2, 0.25) is 5.95 Å². The first-order chi connectivity index (χ1) is 15.2. The summed E-state index contributed by atoms with van der Waals surface area (Å²) in [6.07, 6.45) is 11.8. The largest absolute Gasteiger partial charge is 0.368 e. The molecule has 1 saturated carbocycles. The number of hydrogen-bond donors (Lipinski definition) is 2. The van der Waals surface area contributed by atoms with Crippen LogP contribution in [0.2, 0.25) is 0 Å². The summed E-state index contributed by atoms with van der Waals surface area (Å²) >= 11 is 0. The molecule has 0 bridgehead atoms. The molecular weight excluding hydrogens is 388 g/mol. The van der Waals surface area contributed by atoms with Crippen LogP contribution in [0.5, 0.6) is 0 Å². The molecule has 2 fully saturated rings. The average molecular weight is 419 g/mol. The number of piperazine rings is 1. The summed E-state index contributed by atoms with van der Waals surface area (Å²) < 4.78 is 0. The van der Waals surface area contributed by atoms with E-state index in [4.69, 9.17) is 4.98 Å². The van der Waals surface area contributed by atoms with Gasteiger partial charge in [0.25, 0.3) is 0 Å². The van der Waals surface area contributed by atoms with E-state index in [-0.39, 0.29) is 11.8 Å². The predicted octanol–water partition coefficient (Wildman–Crippen LogP) is 3.53. The summed E-state index contributed by atoms with van der Waals surface area (Å²) in [4.78, 5) is 28.3. The lowest BCUT2D eigenvalue weighted by atomic mass is 9.73. The highest BCUT2D eigenvalue weighted by Crippen LogP contribution is 2.46. The Morgan fingerprint density at radius 2 is 1.94 bits per heavy atom. The summed E-state index contributed by atoms with van der Waals surface area (Å²) in [6, 6.07) is 4.07. The monoisotopic (exact) mass is 418 g/mol. The van der Waals surface area contributed by atoms with E-state index in [1.165, 1.54) is 25.7 Å². The van der Waals surface area contributed by atoms with E-state index in [0.29, 0.717) is 11.9 Å². The molecule has 162 valence electrons. The molecule has 2 aromatic heterocycles. The fourth-order valence-corrected chi connectivity index (χ4v) is 5.34. The van der Waals surface area contributed by atoms with E-state index in [2.05, 4.69) is 37.6 Å². The molecule has 3 aliphatic rings. The van der Waals surface area contributed by atoms with Gasteiger partial charge >= 0.3 is 0 Å². The topological polar surface area (TPSA) is 83.0 Å². The molecule has 2 aliphatic carbocycles. The van der Waals surface area contributed by atoms with Gasteiger partial charge in [-0.25, -0.2) is 15.0 Å². The maximum atomic E-state index is 11.9. The summed E-state index contributed by atoms with van der Waals surface area (Å²) in [5.74, 6) is 1.83. The van der Waals surface area contributed by atoms with Crippen LogP contribution in [0, 0.1) is 11.8 Å². The number of anilines is 3. The highest BCUT2D eigenvalue weighted by Gasteiger charge is 2.37. The van der Waals surface area contributed by atoms with Gasteiger partial charge in [0.1, 0.15) is 12.1 Å². The normalized spacial score (nSPS) is 23.9. The first kappa shape index (κ1) is 20.1. The van der Waals surface area contributed by atoms with Gasteiger partial charge in [-0.3, -0.25) is 0 Å². The van der Waals surface area contributed by atoms with Gasteiger partial charge in [-0.1, -0.05) is 18.9 Å². The summed E-state index contributed by atoms with van der Waals surface area (Å²) in [6.45, 7) is 6.04. The van der Waals surface area contributed by atoms with Crippen LogP contribution in [0.15, 0.2) is 30.6 Å². The first-order valence-electron chi connectivity index (χ1n) is 11.4. The standard InChI is InChI=1S/C24H30N6O/c1-16-12-18(15-31)22(17-4-2-3-5-17)23-20(16)14-27-24(29-23)28-21-7-6-19(13-26-21)30-10-8-25-9-11-30/h6-7,12-15,17-18,22,25H,2-5,8-11H2,1H3,(H,26,27,28,29). The van der Waals surface area contributed by atoms with Gasteiger partial charge in [-0.15, -0.1) is 0 Å². The zero-order valence-electron chi connectivity index (χ0n) is 18.1. The number of nitrogens with zero attached hydrogens (tertiary/aromatic N) is 4.